The molecule has 0 atom stereocenters. The molecule has 2 fully saturated rings. The van der Waals surface area contributed by atoms with Gasteiger partial charge in [0.2, 0.25) is 0 Å². The Morgan fingerprint density at radius 1 is 1.14 bits per heavy atom. The number of hydrogen-bond donors (Lipinski definition) is 2. The molecule has 1 saturated carbocycles. The maximum Gasteiger partial charge on any atom is 0.433 e. The smallest absolute Gasteiger partial charge is 0.391 e. The van der Waals surface area contributed by atoms with Crippen LogP contribution in [0.4, 0.5) is 27.6 Å². The van der Waals surface area contributed by atoms with Gasteiger partial charge in [0, 0.05) is 34.4 Å². The van der Waals surface area contributed by atoms with Crippen LogP contribution in [0, 0.1) is 5.82 Å². The number of alkyl halides is 4. The summed E-state index contributed by atoms with van der Waals surface area (Å²) in [5.41, 5.74) is -4.03. The highest BCUT2D eigenvalue weighted by atomic mass is 79.9. The third kappa shape index (κ3) is 4.20. The number of carbonyl (C=O) groups excluding carboxylic acids is 1. The highest BCUT2D eigenvalue weighted by molar-refractivity contribution is 9.10. The molecule has 1 aromatic carbocycles. The van der Waals surface area contributed by atoms with E-state index in [1.165, 1.54) is 6.07 Å². The Labute approximate surface area is 205 Å². The van der Waals surface area contributed by atoms with E-state index in [0.29, 0.717) is 23.2 Å². The first kappa shape index (κ1) is 24.1. The van der Waals surface area contributed by atoms with Gasteiger partial charge in [-0.3, -0.25) is 9.79 Å². The number of piperidine rings is 1. The monoisotopic (exact) mass is 558 g/mol. The second kappa shape index (κ2) is 8.22. The third-order valence-electron chi connectivity index (χ3n) is 6.76. The van der Waals surface area contributed by atoms with E-state index in [1.54, 1.807) is 6.07 Å². The number of amidine groups is 1. The molecule has 35 heavy (non-hydrogen) atoms. The molecule has 6 nitrogen and oxygen atoms in total. The number of pyridine rings is 1. The fraction of sp³-hybridized carbons (Fsp3) is 0.435. The summed E-state index contributed by atoms with van der Waals surface area (Å²) in [7, 11) is 0. The van der Waals surface area contributed by atoms with Gasteiger partial charge in [0.15, 0.2) is 5.67 Å². The minimum Gasteiger partial charge on any atom is -0.391 e. The van der Waals surface area contributed by atoms with Gasteiger partial charge in [-0.05, 0) is 49.9 Å². The topological polar surface area (TPSA) is 77.8 Å². The summed E-state index contributed by atoms with van der Waals surface area (Å²) in [6.07, 6.45) is -4.15. The van der Waals surface area contributed by atoms with Crippen LogP contribution in [0.15, 0.2) is 33.7 Å². The van der Waals surface area contributed by atoms with Gasteiger partial charge in [0.1, 0.15) is 22.9 Å². The Morgan fingerprint density at radius 2 is 1.83 bits per heavy atom. The van der Waals surface area contributed by atoms with E-state index in [4.69, 9.17) is 0 Å². The lowest BCUT2D eigenvalue weighted by molar-refractivity contribution is -0.141. The number of benzene rings is 1. The number of aromatic nitrogens is 1. The molecule has 0 bridgehead atoms. The minimum absolute atomic E-state index is 0.00754. The van der Waals surface area contributed by atoms with Gasteiger partial charge in [-0.15, -0.1) is 0 Å². The lowest BCUT2D eigenvalue weighted by atomic mass is 9.87. The average Bonchev–Trinajstić information content (AvgIpc) is 3.48. The molecule has 2 aliphatic heterocycles. The van der Waals surface area contributed by atoms with Gasteiger partial charge in [0.25, 0.3) is 5.91 Å². The SMILES string of the molecule is O=C1NC(c2ccc(C(F)(F)F)nc2C2(F)CC2)=NC12CCN(c1cc(Br)cc(F)c1CO)CC2. The number of carbonyl (C=O) groups is 1. The van der Waals surface area contributed by atoms with Crippen LogP contribution >= 0.6 is 15.9 Å². The van der Waals surface area contributed by atoms with E-state index in [-0.39, 0.29) is 48.3 Å². The van der Waals surface area contributed by atoms with Crippen molar-refractivity contribution in [3.8, 4) is 0 Å². The van der Waals surface area contributed by atoms with E-state index in [9.17, 15) is 31.9 Å². The summed E-state index contributed by atoms with van der Waals surface area (Å²) >= 11 is 3.25. The fourth-order valence-corrected chi connectivity index (χ4v) is 5.04. The van der Waals surface area contributed by atoms with Crippen LogP contribution in [0.2, 0.25) is 0 Å². The molecule has 0 radical (unpaired) electrons. The maximum atomic E-state index is 15.0. The predicted molar refractivity (Wildman–Crippen MR) is 120 cm³/mol. The van der Waals surface area contributed by atoms with Crippen molar-refractivity contribution in [2.24, 2.45) is 4.99 Å². The lowest BCUT2D eigenvalue weighted by Gasteiger charge is -2.37. The highest BCUT2D eigenvalue weighted by Crippen LogP contribution is 2.51. The molecule has 3 heterocycles. The van der Waals surface area contributed by atoms with Crippen LogP contribution in [0.1, 0.15) is 48.2 Å². The summed E-state index contributed by atoms with van der Waals surface area (Å²) in [6, 6.07) is 4.81. The number of rotatable bonds is 4. The second-order valence-electron chi connectivity index (χ2n) is 9.03. The van der Waals surface area contributed by atoms with Gasteiger partial charge in [-0.1, -0.05) is 15.9 Å². The molecule has 1 saturated heterocycles. The molecule has 1 aliphatic carbocycles. The first-order valence-electron chi connectivity index (χ1n) is 11.0. The van der Waals surface area contributed by atoms with E-state index >= 15 is 0 Å². The molecule has 5 rings (SSSR count). The molecular weight excluding hydrogens is 539 g/mol. The largest absolute Gasteiger partial charge is 0.433 e. The molecule has 1 amide bonds. The van der Waals surface area contributed by atoms with E-state index in [0.717, 1.165) is 12.1 Å². The predicted octanol–water partition coefficient (Wildman–Crippen LogP) is 4.37. The van der Waals surface area contributed by atoms with Crippen molar-refractivity contribution < 1.29 is 31.9 Å². The zero-order valence-electron chi connectivity index (χ0n) is 18.2. The van der Waals surface area contributed by atoms with Crippen molar-refractivity contribution in [1.29, 1.82) is 0 Å². The number of aliphatic hydroxyl groups is 1. The first-order valence-corrected chi connectivity index (χ1v) is 11.8. The molecule has 1 aromatic heterocycles. The Kier molecular flexibility index (Phi) is 5.67. The molecule has 2 N–H and O–H groups in total. The van der Waals surface area contributed by atoms with Crippen molar-refractivity contribution in [1.82, 2.24) is 10.3 Å². The molecule has 12 heteroatoms. The van der Waals surface area contributed by atoms with Gasteiger partial charge in [-0.2, -0.15) is 13.2 Å². The zero-order valence-corrected chi connectivity index (χ0v) is 19.8. The van der Waals surface area contributed by atoms with Crippen LogP contribution < -0.4 is 10.2 Å². The van der Waals surface area contributed by atoms with Crippen LogP contribution in [0.5, 0.6) is 0 Å². The Morgan fingerprint density at radius 3 is 2.43 bits per heavy atom. The van der Waals surface area contributed by atoms with Crippen LogP contribution in [-0.4, -0.2) is 40.5 Å². The number of halogens is 6. The van der Waals surface area contributed by atoms with E-state index in [2.05, 4.69) is 31.2 Å². The molecule has 186 valence electrons. The Hall–Kier alpha value is -2.60. The number of amides is 1. The first-order chi connectivity index (χ1) is 16.5. The van der Waals surface area contributed by atoms with Crippen molar-refractivity contribution in [3.05, 3.63) is 57.1 Å². The molecule has 0 unspecified atom stereocenters. The number of nitrogens with zero attached hydrogens (tertiary/aromatic N) is 3. The average molecular weight is 559 g/mol. The molecule has 1 spiro atoms. The summed E-state index contributed by atoms with van der Waals surface area (Å²) in [5, 5.41) is 12.2. The van der Waals surface area contributed by atoms with Gasteiger partial charge < -0.3 is 15.3 Å². The molecule has 2 aromatic rings. The number of nitrogens with one attached hydrogen (secondary N) is 1. The van der Waals surface area contributed by atoms with Gasteiger partial charge >= 0.3 is 6.18 Å². The van der Waals surface area contributed by atoms with Crippen molar-refractivity contribution in [3.63, 3.8) is 0 Å². The van der Waals surface area contributed by atoms with Crippen LogP contribution in [-0.2, 0) is 23.2 Å². The van der Waals surface area contributed by atoms with Crippen LogP contribution in [0.3, 0.4) is 0 Å². The molecule has 3 aliphatic rings. The van der Waals surface area contributed by atoms with E-state index in [1.807, 2.05) is 4.90 Å². The summed E-state index contributed by atoms with van der Waals surface area (Å²) in [6.45, 7) is 0.143. The second-order valence-corrected chi connectivity index (χ2v) is 9.95. The number of anilines is 1. The minimum atomic E-state index is -4.73. The quantitative estimate of drug-likeness (QED) is 0.546. The van der Waals surface area contributed by atoms with Crippen molar-refractivity contribution in [2.45, 2.75) is 49.7 Å². The summed E-state index contributed by atoms with van der Waals surface area (Å²) in [5.74, 6) is -0.976. The van der Waals surface area contributed by atoms with Crippen LogP contribution in [0.25, 0.3) is 0 Å². The maximum absolute atomic E-state index is 15.0. The number of aliphatic imine (C=N–C) groups is 1. The standard InChI is InChI=1S/C23H20BrF5N4O2/c24-12-9-15(25)14(11-34)16(10-12)33-7-5-22(6-8-33)20(35)31-19(32-22)13-1-2-17(23(27,28)29)30-18(13)21(26)3-4-21/h1-2,9-10,34H,3-8,11H2,(H,31,32,35). The van der Waals surface area contributed by atoms with E-state index < -0.39 is 41.4 Å². The third-order valence-corrected chi connectivity index (χ3v) is 7.22. The van der Waals surface area contributed by atoms with Crippen molar-refractivity contribution >= 4 is 33.4 Å². The fourth-order valence-electron chi connectivity index (χ4n) is 4.63. The number of aliphatic hydroxyl groups excluding tert-OH is 1. The Bertz CT molecular complexity index is 1240. The zero-order chi connectivity index (χ0) is 25.2. The normalized spacial score (nSPS) is 20.7. The van der Waals surface area contributed by atoms with Gasteiger partial charge in [-0.25, -0.2) is 13.8 Å². The highest BCUT2D eigenvalue weighted by Gasteiger charge is 2.52. The Balaban J connectivity index is 1.44. The number of hydrogen-bond acceptors (Lipinski definition) is 5. The summed E-state index contributed by atoms with van der Waals surface area (Å²) < 4.78 is 69.3. The summed E-state index contributed by atoms with van der Waals surface area (Å²) in [4.78, 5) is 22.9. The lowest BCUT2D eigenvalue weighted by Crippen LogP contribution is -2.49. The van der Waals surface area contributed by atoms with Crippen molar-refractivity contribution in [2.75, 3.05) is 18.0 Å². The van der Waals surface area contributed by atoms with Gasteiger partial charge in [0.05, 0.1) is 12.3 Å². The molecular formula is C23H20BrF5N4O2.